The SMILES string of the molecule is Cc1nn(C)c(C)c1NC(=O)[C@@H](C)OC(=O)CNC(=O)CC12CC3CC(CC(C3)C1)C2. The number of hydrogen-bond acceptors (Lipinski definition) is 5. The first-order valence-corrected chi connectivity index (χ1v) is 11.4. The van der Waals surface area contributed by atoms with Gasteiger partial charge in [-0.2, -0.15) is 5.10 Å². The predicted octanol–water partition coefficient (Wildman–Crippen LogP) is 2.63. The summed E-state index contributed by atoms with van der Waals surface area (Å²) in [6.45, 7) is 4.96. The Hall–Kier alpha value is -2.38. The van der Waals surface area contributed by atoms with E-state index < -0.39 is 18.0 Å². The predicted molar refractivity (Wildman–Crippen MR) is 115 cm³/mol. The standard InChI is InChI=1S/C23H34N4O4/c1-13-21(14(2)27(4)26-13)25-22(30)15(3)31-20(29)12-24-19(28)11-23-8-16-5-17(9-23)7-18(6-16)10-23/h15-18H,5-12H2,1-4H3,(H,24,28)(H,25,30)/t15-,16?,17?,18?,23?/m1/s1. The summed E-state index contributed by atoms with van der Waals surface area (Å²) in [6, 6.07) is 0. The Morgan fingerprint density at radius 1 is 1.13 bits per heavy atom. The van der Waals surface area contributed by atoms with Crippen molar-refractivity contribution in [3.63, 3.8) is 0 Å². The van der Waals surface area contributed by atoms with Crippen molar-refractivity contribution >= 4 is 23.5 Å². The third-order valence-corrected chi connectivity index (χ3v) is 7.57. The summed E-state index contributed by atoms with van der Waals surface area (Å²) in [5, 5.41) is 9.74. The fourth-order valence-corrected chi connectivity index (χ4v) is 6.55. The molecule has 1 aromatic heterocycles. The molecular weight excluding hydrogens is 396 g/mol. The van der Waals surface area contributed by atoms with Gasteiger partial charge in [-0.05, 0) is 82.5 Å². The number of carbonyl (C=O) groups excluding carboxylic acids is 3. The molecule has 0 saturated heterocycles. The minimum absolute atomic E-state index is 0.0855. The Bertz CT molecular complexity index is 855. The van der Waals surface area contributed by atoms with Gasteiger partial charge in [-0.15, -0.1) is 0 Å². The molecule has 2 N–H and O–H groups in total. The maximum absolute atomic E-state index is 12.6. The van der Waals surface area contributed by atoms with Gasteiger partial charge in [0.15, 0.2) is 6.10 Å². The van der Waals surface area contributed by atoms with Gasteiger partial charge in [0.1, 0.15) is 6.54 Å². The highest BCUT2D eigenvalue weighted by Crippen LogP contribution is 2.61. The summed E-state index contributed by atoms with van der Waals surface area (Å²) in [4.78, 5) is 37.1. The van der Waals surface area contributed by atoms with Crippen LogP contribution in [0.3, 0.4) is 0 Å². The fourth-order valence-electron chi connectivity index (χ4n) is 6.55. The molecule has 1 atom stereocenters. The van der Waals surface area contributed by atoms with Crippen molar-refractivity contribution < 1.29 is 19.1 Å². The first kappa shape index (κ1) is 21.8. The van der Waals surface area contributed by atoms with Crippen LogP contribution >= 0.6 is 0 Å². The largest absolute Gasteiger partial charge is 0.451 e. The average molecular weight is 431 g/mol. The second kappa shape index (κ2) is 8.28. The van der Waals surface area contributed by atoms with E-state index in [1.807, 2.05) is 6.92 Å². The monoisotopic (exact) mass is 430 g/mol. The van der Waals surface area contributed by atoms with Crippen LogP contribution in [0.2, 0.25) is 0 Å². The van der Waals surface area contributed by atoms with Crippen LogP contribution in [0, 0.1) is 37.0 Å². The molecule has 0 unspecified atom stereocenters. The molecule has 2 amide bonds. The van der Waals surface area contributed by atoms with Crippen LogP contribution in [0.15, 0.2) is 0 Å². The quantitative estimate of drug-likeness (QED) is 0.648. The highest BCUT2D eigenvalue weighted by Gasteiger charge is 2.51. The molecule has 1 aromatic rings. The van der Waals surface area contributed by atoms with Gasteiger partial charge in [0, 0.05) is 13.5 Å². The molecule has 4 aliphatic rings. The number of esters is 1. The van der Waals surface area contributed by atoms with Crippen molar-refractivity contribution in [3.8, 4) is 0 Å². The first-order chi connectivity index (χ1) is 14.6. The van der Waals surface area contributed by atoms with Gasteiger partial charge in [0.25, 0.3) is 5.91 Å². The highest BCUT2D eigenvalue weighted by atomic mass is 16.5. The van der Waals surface area contributed by atoms with Gasteiger partial charge >= 0.3 is 5.97 Å². The lowest BCUT2D eigenvalue weighted by molar-refractivity contribution is -0.153. The molecule has 0 spiro atoms. The lowest BCUT2D eigenvalue weighted by Gasteiger charge is -2.56. The second-order valence-corrected chi connectivity index (χ2v) is 10.2. The molecule has 8 nitrogen and oxygen atoms in total. The molecule has 4 bridgehead atoms. The minimum Gasteiger partial charge on any atom is -0.451 e. The molecule has 5 rings (SSSR count). The van der Waals surface area contributed by atoms with E-state index in [2.05, 4.69) is 15.7 Å². The van der Waals surface area contributed by atoms with Gasteiger partial charge in [0.05, 0.1) is 17.1 Å². The summed E-state index contributed by atoms with van der Waals surface area (Å²) in [6.07, 6.45) is 7.01. The topological polar surface area (TPSA) is 102 Å². The van der Waals surface area contributed by atoms with E-state index in [0.717, 1.165) is 42.7 Å². The Morgan fingerprint density at radius 3 is 2.23 bits per heavy atom. The summed E-state index contributed by atoms with van der Waals surface area (Å²) in [5.74, 6) is 1.24. The van der Waals surface area contributed by atoms with Gasteiger partial charge in [-0.25, -0.2) is 0 Å². The lowest BCUT2D eigenvalue weighted by Crippen LogP contribution is -2.48. The van der Waals surface area contributed by atoms with Crippen molar-refractivity contribution in [3.05, 3.63) is 11.4 Å². The summed E-state index contributed by atoms with van der Waals surface area (Å²) in [5.41, 5.74) is 2.28. The minimum atomic E-state index is -0.966. The summed E-state index contributed by atoms with van der Waals surface area (Å²) < 4.78 is 6.90. The fraction of sp³-hybridized carbons (Fsp3) is 0.739. The third-order valence-electron chi connectivity index (χ3n) is 7.57. The van der Waals surface area contributed by atoms with E-state index in [-0.39, 0.29) is 17.9 Å². The van der Waals surface area contributed by atoms with Crippen LogP contribution in [0.4, 0.5) is 5.69 Å². The maximum atomic E-state index is 12.6. The van der Waals surface area contributed by atoms with Crippen LogP contribution in [-0.2, 0) is 26.2 Å². The normalized spacial score (nSPS) is 29.5. The van der Waals surface area contributed by atoms with E-state index in [4.69, 9.17) is 4.74 Å². The number of rotatable bonds is 7. The third kappa shape index (κ3) is 4.62. The summed E-state index contributed by atoms with van der Waals surface area (Å²) in [7, 11) is 1.80. The number of anilines is 1. The molecule has 0 radical (unpaired) electrons. The van der Waals surface area contributed by atoms with Crippen molar-refractivity contribution in [2.45, 2.75) is 71.8 Å². The zero-order valence-corrected chi connectivity index (χ0v) is 19.0. The lowest BCUT2D eigenvalue weighted by atomic mass is 9.49. The van der Waals surface area contributed by atoms with E-state index in [0.29, 0.717) is 17.8 Å². The molecule has 0 aromatic carbocycles. The number of nitrogens with zero attached hydrogens (tertiary/aromatic N) is 2. The molecular formula is C23H34N4O4. The van der Waals surface area contributed by atoms with Gasteiger partial charge < -0.3 is 15.4 Å². The molecule has 31 heavy (non-hydrogen) atoms. The Labute approximate surface area is 183 Å². The second-order valence-electron chi connectivity index (χ2n) is 10.2. The van der Waals surface area contributed by atoms with Crippen molar-refractivity contribution in [2.24, 2.45) is 30.2 Å². The molecule has 0 aliphatic heterocycles. The average Bonchev–Trinajstić information content (AvgIpc) is 2.91. The Kier molecular flexibility index (Phi) is 5.83. The van der Waals surface area contributed by atoms with Gasteiger partial charge in [-0.1, -0.05) is 0 Å². The summed E-state index contributed by atoms with van der Waals surface area (Å²) >= 11 is 0. The van der Waals surface area contributed by atoms with E-state index in [1.54, 1.807) is 18.7 Å². The Morgan fingerprint density at radius 2 is 1.71 bits per heavy atom. The number of nitrogens with one attached hydrogen (secondary N) is 2. The van der Waals surface area contributed by atoms with Crippen LogP contribution in [0.1, 0.15) is 63.3 Å². The molecule has 170 valence electrons. The smallest absolute Gasteiger partial charge is 0.326 e. The van der Waals surface area contributed by atoms with E-state index >= 15 is 0 Å². The zero-order valence-electron chi connectivity index (χ0n) is 19.0. The number of hydrogen-bond donors (Lipinski definition) is 2. The van der Waals surface area contributed by atoms with Crippen LogP contribution < -0.4 is 10.6 Å². The zero-order chi connectivity index (χ0) is 22.3. The molecule has 4 saturated carbocycles. The van der Waals surface area contributed by atoms with Crippen LogP contribution in [-0.4, -0.2) is 40.2 Å². The number of aryl methyl sites for hydroxylation is 2. The first-order valence-electron chi connectivity index (χ1n) is 11.4. The van der Waals surface area contributed by atoms with Crippen molar-refractivity contribution in [1.29, 1.82) is 0 Å². The molecule has 4 aliphatic carbocycles. The van der Waals surface area contributed by atoms with Crippen LogP contribution in [0.25, 0.3) is 0 Å². The Balaban J connectivity index is 1.22. The molecule has 8 heteroatoms. The van der Waals surface area contributed by atoms with Crippen molar-refractivity contribution in [1.82, 2.24) is 15.1 Å². The van der Waals surface area contributed by atoms with Gasteiger partial charge in [-0.3, -0.25) is 19.1 Å². The van der Waals surface area contributed by atoms with Crippen LogP contribution in [0.5, 0.6) is 0 Å². The van der Waals surface area contributed by atoms with Gasteiger partial charge in [0.2, 0.25) is 5.91 Å². The number of amides is 2. The highest BCUT2D eigenvalue weighted by molar-refractivity contribution is 5.96. The number of aromatic nitrogens is 2. The van der Waals surface area contributed by atoms with E-state index in [9.17, 15) is 14.4 Å². The molecule has 4 fully saturated rings. The maximum Gasteiger partial charge on any atom is 0.326 e. The number of ether oxygens (including phenoxy) is 1. The van der Waals surface area contributed by atoms with E-state index in [1.165, 1.54) is 26.2 Å². The molecule has 1 heterocycles. The number of carbonyl (C=O) groups is 3. The van der Waals surface area contributed by atoms with Crippen molar-refractivity contribution in [2.75, 3.05) is 11.9 Å².